The maximum atomic E-state index is 12.0. The summed E-state index contributed by atoms with van der Waals surface area (Å²) in [5.41, 5.74) is 5.81. The second-order valence-electron chi connectivity index (χ2n) is 4.46. The van der Waals surface area contributed by atoms with Crippen LogP contribution in [0, 0.1) is 5.92 Å². The lowest BCUT2D eigenvalue weighted by molar-refractivity contribution is -0.120. The molecule has 1 aromatic heterocycles. The van der Waals surface area contributed by atoms with E-state index in [1.54, 1.807) is 18.3 Å². The van der Waals surface area contributed by atoms with Crippen molar-refractivity contribution in [3.8, 4) is 0 Å². The fourth-order valence-electron chi connectivity index (χ4n) is 2.08. The predicted molar refractivity (Wildman–Crippen MR) is 67.8 cm³/mol. The van der Waals surface area contributed by atoms with Gasteiger partial charge in [0, 0.05) is 23.2 Å². The van der Waals surface area contributed by atoms with Gasteiger partial charge in [0.15, 0.2) is 0 Å². The minimum atomic E-state index is 0.0201. The van der Waals surface area contributed by atoms with Crippen LogP contribution < -0.4 is 11.1 Å². The monoisotopic (exact) mass is 253 g/mol. The van der Waals surface area contributed by atoms with E-state index in [1.807, 2.05) is 0 Å². The molecule has 1 heterocycles. The summed E-state index contributed by atoms with van der Waals surface area (Å²) in [6, 6.07) is 3.58. The Kier molecular flexibility index (Phi) is 3.97. The third kappa shape index (κ3) is 3.41. The molecule has 1 aromatic rings. The fraction of sp³-hybridized carbons (Fsp3) is 0.500. The van der Waals surface area contributed by atoms with Crippen LogP contribution in [0.4, 0.5) is 5.82 Å². The van der Waals surface area contributed by atoms with Gasteiger partial charge in [0.2, 0.25) is 5.91 Å². The number of nitrogens with two attached hydrogens (primary N) is 1. The number of halogens is 1. The number of carbonyl (C=O) groups excluding carboxylic acids is 1. The maximum absolute atomic E-state index is 12.0. The topological polar surface area (TPSA) is 68.0 Å². The summed E-state index contributed by atoms with van der Waals surface area (Å²) >= 11 is 5.83. The molecule has 17 heavy (non-hydrogen) atoms. The van der Waals surface area contributed by atoms with Gasteiger partial charge >= 0.3 is 0 Å². The first kappa shape index (κ1) is 12.3. The smallest absolute Gasteiger partial charge is 0.228 e. The van der Waals surface area contributed by atoms with Crippen molar-refractivity contribution in [2.75, 3.05) is 5.32 Å². The summed E-state index contributed by atoms with van der Waals surface area (Å²) < 4.78 is 0. The minimum absolute atomic E-state index is 0.0201. The molecule has 0 bridgehead atoms. The Morgan fingerprint density at radius 3 is 2.76 bits per heavy atom. The molecule has 1 saturated carbocycles. The van der Waals surface area contributed by atoms with Crippen LogP contribution in [-0.4, -0.2) is 16.9 Å². The Labute approximate surface area is 106 Å². The number of hydrogen-bond acceptors (Lipinski definition) is 3. The normalized spacial score (nSPS) is 24.4. The number of hydrogen-bond donors (Lipinski definition) is 2. The van der Waals surface area contributed by atoms with Gasteiger partial charge < -0.3 is 11.1 Å². The van der Waals surface area contributed by atoms with Crippen LogP contribution in [0.2, 0.25) is 5.02 Å². The summed E-state index contributed by atoms with van der Waals surface area (Å²) in [6.45, 7) is 0. The van der Waals surface area contributed by atoms with Gasteiger partial charge in [-0.1, -0.05) is 11.6 Å². The molecule has 0 atom stereocenters. The lowest BCUT2D eigenvalue weighted by Gasteiger charge is -2.24. The van der Waals surface area contributed by atoms with E-state index >= 15 is 0 Å². The summed E-state index contributed by atoms with van der Waals surface area (Å²) in [5.74, 6) is 0.583. The highest BCUT2D eigenvalue weighted by atomic mass is 35.5. The van der Waals surface area contributed by atoms with Crippen LogP contribution in [0.5, 0.6) is 0 Å². The van der Waals surface area contributed by atoms with Crippen molar-refractivity contribution >= 4 is 23.3 Å². The molecular weight excluding hydrogens is 238 g/mol. The molecule has 4 nitrogen and oxygen atoms in total. The number of aromatic nitrogens is 1. The van der Waals surface area contributed by atoms with Crippen molar-refractivity contribution in [1.29, 1.82) is 0 Å². The third-order valence-electron chi connectivity index (χ3n) is 3.12. The number of amides is 1. The zero-order chi connectivity index (χ0) is 12.3. The Bertz CT molecular complexity index is 402. The summed E-state index contributed by atoms with van der Waals surface area (Å²) in [5, 5.41) is 3.36. The molecule has 3 N–H and O–H groups in total. The molecule has 0 aromatic carbocycles. The maximum Gasteiger partial charge on any atom is 0.228 e. The van der Waals surface area contributed by atoms with Crippen LogP contribution in [0.1, 0.15) is 25.7 Å². The van der Waals surface area contributed by atoms with Gasteiger partial charge in [0.05, 0.1) is 0 Å². The molecule has 1 aliphatic carbocycles. The Hall–Kier alpha value is -1.13. The van der Waals surface area contributed by atoms with Crippen molar-refractivity contribution < 1.29 is 4.79 Å². The van der Waals surface area contributed by atoms with E-state index in [2.05, 4.69) is 10.3 Å². The highest BCUT2D eigenvalue weighted by molar-refractivity contribution is 6.30. The molecule has 1 fully saturated rings. The second-order valence-corrected chi connectivity index (χ2v) is 4.90. The van der Waals surface area contributed by atoms with Crippen LogP contribution in [0.3, 0.4) is 0 Å². The highest BCUT2D eigenvalue weighted by Crippen LogP contribution is 2.24. The second kappa shape index (κ2) is 5.47. The Balaban J connectivity index is 1.93. The van der Waals surface area contributed by atoms with Gasteiger partial charge in [-0.05, 0) is 37.8 Å². The predicted octanol–water partition coefficient (Wildman–Crippen LogP) is 2.19. The average Bonchev–Trinajstić information content (AvgIpc) is 2.29. The van der Waals surface area contributed by atoms with E-state index in [4.69, 9.17) is 17.3 Å². The number of nitrogens with one attached hydrogen (secondary N) is 1. The molecule has 0 radical (unpaired) electrons. The summed E-state index contributed by atoms with van der Waals surface area (Å²) in [4.78, 5) is 16.0. The Morgan fingerprint density at radius 1 is 1.41 bits per heavy atom. The molecule has 2 rings (SSSR count). The van der Waals surface area contributed by atoms with E-state index in [0.717, 1.165) is 25.7 Å². The number of nitrogens with zero attached hydrogens (tertiary/aromatic N) is 1. The van der Waals surface area contributed by atoms with Crippen LogP contribution in [0.25, 0.3) is 0 Å². The molecule has 0 aliphatic heterocycles. The molecule has 1 amide bonds. The van der Waals surface area contributed by atoms with Crippen molar-refractivity contribution in [2.45, 2.75) is 31.7 Å². The van der Waals surface area contributed by atoms with Crippen molar-refractivity contribution in [3.63, 3.8) is 0 Å². The van der Waals surface area contributed by atoms with E-state index < -0.39 is 0 Å². The van der Waals surface area contributed by atoms with Gasteiger partial charge in [0.1, 0.15) is 5.82 Å². The average molecular weight is 254 g/mol. The molecular formula is C12H16ClN3O. The van der Waals surface area contributed by atoms with Crippen LogP contribution in [0.15, 0.2) is 18.3 Å². The molecule has 0 spiro atoms. The number of anilines is 1. The number of rotatable bonds is 2. The first-order valence-electron chi connectivity index (χ1n) is 5.83. The minimum Gasteiger partial charge on any atom is -0.328 e. The molecule has 0 unspecified atom stereocenters. The van der Waals surface area contributed by atoms with Crippen LogP contribution >= 0.6 is 11.6 Å². The number of carbonyl (C=O) groups is 1. The first-order valence-corrected chi connectivity index (χ1v) is 6.21. The molecule has 92 valence electrons. The molecule has 5 heteroatoms. The van der Waals surface area contributed by atoms with E-state index in [-0.39, 0.29) is 17.9 Å². The summed E-state index contributed by atoms with van der Waals surface area (Å²) in [7, 11) is 0. The van der Waals surface area contributed by atoms with E-state index in [9.17, 15) is 4.79 Å². The Morgan fingerprint density at radius 2 is 2.12 bits per heavy atom. The van der Waals surface area contributed by atoms with Crippen molar-refractivity contribution in [3.05, 3.63) is 23.4 Å². The lowest BCUT2D eigenvalue weighted by atomic mass is 9.86. The number of pyridine rings is 1. The van der Waals surface area contributed by atoms with Gasteiger partial charge in [0.25, 0.3) is 0 Å². The van der Waals surface area contributed by atoms with Crippen molar-refractivity contribution in [1.82, 2.24) is 4.98 Å². The van der Waals surface area contributed by atoms with Crippen LogP contribution in [-0.2, 0) is 4.79 Å². The lowest BCUT2D eigenvalue weighted by Crippen LogP contribution is -2.32. The first-order chi connectivity index (χ1) is 8.15. The van der Waals surface area contributed by atoms with Gasteiger partial charge in [-0.15, -0.1) is 0 Å². The fourth-order valence-corrected chi connectivity index (χ4v) is 2.24. The van der Waals surface area contributed by atoms with E-state index in [1.165, 1.54) is 0 Å². The zero-order valence-corrected chi connectivity index (χ0v) is 10.3. The SMILES string of the molecule is NC1CCC(C(=O)Nc2cc(Cl)ccn2)CC1. The van der Waals surface area contributed by atoms with Gasteiger partial charge in [-0.25, -0.2) is 4.98 Å². The van der Waals surface area contributed by atoms with Crippen molar-refractivity contribution in [2.24, 2.45) is 11.7 Å². The van der Waals surface area contributed by atoms with Gasteiger partial charge in [-0.2, -0.15) is 0 Å². The highest BCUT2D eigenvalue weighted by Gasteiger charge is 2.24. The quantitative estimate of drug-likeness (QED) is 0.849. The molecule has 0 saturated heterocycles. The van der Waals surface area contributed by atoms with E-state index in [0.29, 0.717) is 10.8 Å². The molecule has 1 aliphatic rings. The largest absolute Gasteiger partial charge is 0.328 e. The zero-order valence-electron chi connectivity index (χ0n) is 9.53. The van der Waals surface area contributed by atoms with Gasteiger partial charge in [-0.3, -0.25) is 4.79 Å². The summed E-state index contributed by atoms with van der Waals surface area (Å²) in [6.07, 6.45) is 5.12. The standard InChI is InChI=1S/C12H16ClN3O/c13-9-5-6-15-11(7-9)16-12(17)8-1-3-10(14)4-2-8/h5-8,10H,1-4,14H2,(H,15,16,17). The third-order valence-corrected chi connectivity index (χ3v) is 3.35.